The molecule has 0 bridgehead atoms. The van der Waals surface area contributed by atoms with Gasteiger partial charge in [-0.1, -0.05) is 19.3 Å². The second-order valence-corrected chi connectivity index (χ2v) is 6.46. The van der Waals surface area contributed by atoms with Gasteiger partial charge in [-0.15, -0.1) is 10.2 Å². The molecule has 1 aromatic rings. The van der Waals surface area contributed by atoms with E-state index in [0.29, 0.717) is 10.4 Å². The molecule has 0 saturated heterocycles. The lowest BCUT2D eigenvalue weighted by atomic mass is 9.88. The number of carbonyl (C=O) groups is 1. The van der Waals surface area contributed by atoms with Crippen LogP contribution in [0.5, 0.6) is 0 Å². The van der Waals surface area contributed by atoms with E-state index in [1.807, 2.05) is 17.8 Å². The Morgan fingerprint density at radius 2 is 2.05 bits per heavy atom. The number of anilines is 1. The lowest BCUT2D eigenvalue weighted by molar-refractivity contribution is 0.0957. The van der Waals surface area contributed by atoms with E-state index in [2.05, 4.69) is 27.1 Å². The standard InChI is InChI=1S/C14H22N4OS/c1-15-13(19)11-6-7-12(18-17-11)16-10-14(20-2)8-4-3-5-9-14/h6-7H,3-5,8-10H2,1-2H3,(H,15,19)(H,16,18). The normalized spacial score (nSPS) is 17.5. The molecule has 0 atom stereocenters. The number of nitrogens with zero attached hydrogens (tertiary/aromatic N) is 2. The molecule has 1 heterocycles. The highest BCUT2D eigenvalue weighted by molar-refractivity contribution is 8.00. The Labute approximate surface area is 124 Å². The third-order valence-electron chi connectivity index (χ3n) is 3.91. The second-order valence-electron chi connectivity index (χ2n) is 5.18. The van der Waals surface area contributed by atoms with Gasteiger partial charge in [0.05, 0.1) is 0 Å². The molecule has 1 aromatic heterocycles. The summed E-state index contributed by atoms with van der Waals surface area (Å²) in [5.74, 6) is 0.522. The van der Waals surface area contributed by atoms with E-state index in [9.17, 15) is 4.79 Å². The van der Waals surface area contributed by atoms with E-state index in [1.165, 1.54) is 32.1 Å². The summed E-state index contributed by atoms with van der Waals surface area (Å²) < 4.78 is 0.319. The second kappa shape index (κ2) is 6.92. The SMILES string of the molecule is CNC(=O)c1ccc(NCC2(SC)CCCCC2)nn1. The molecule has 0 aliphatic heterocycles. The van der Waals surface area contributed by atoms with Gasteiger partial charge in [0.2, 0.25) is 0 Å². The van der Waals surface area contributed by atoms with Gasteiger partial charge < -0.3 is 10.6 Å². The number of rotatable bonds is 5. The van der Waals surface area contributed by atoms with Crippen LogP contribution in [0.25, 0.3) is 0 Å². The van der Waals surface area contributed by atoms with Crippen LogP contribution in [0.15, 0.2) is 12.1 Å². The lowest BCUT2D eigenvalue weighted by Crippen LogP contribution is -2.35. The fourth-order valence-electron chi connectivity index (χ4n) is 2.58. The van der Waals surface area contributed by atoms with Gasteiger partial charge in [0, 0.05) is 18.3 Å². The zero-order valence-electron chi connectivity index (χ0n) is 12.1. The lowest BCUT2D eigenvalue weighted by Gasteiger charge is -2.35. The van der Waals surface area contributed by atoms with Crippen molar-refractivity contribution >= 4 is 23.5 Å². The smallest absolute Gasteiger partial charge is 0.271 e. The molecule has 6 heteroatoms. The van der Waals surface area contributed by atoms with Crippen LogP contribution in [0.4, 0.5) is 5.82 Å². The molecular formula is C14H22N4OS. The van der Waals surface area contributed by atoms with Gasteiger partial charge in [-0.05, 0) is 31.2 Å². The van der Waals surface area contributed by atoms with Gasteiger partial charge in [-0.2, -0.15) is 11.8 Å². The van der Waals surface area contributed by atoms with Crippen LogP contribution in [0.2, 0.25) is 0 Å². The summed E-state index contributed by atoms with van der Waals surface area (Å²) >= 11 is 1.95. The summed E-state index contributed by atoms with van der Waals surface area (Å²) in [6.45, 7) is 0.905. The van der Waals surface area contributed by atoms with Gasteiger partial charge in [-0.25, -0.2) is 0 Å². The van der Waals surface area contributed by atoms with E-state index in [-0.39, 0.29) is 5.91 Å². The number of aromatic nitrogens is 2. The maximum atomic E-state index is 11.4. The maximum Gasteiger partial charge on any atom is 0.271 e. The van der Waals surface area contributed by atoms with Crippen LogP contribution >= 0.6 is 11.8 Å². The van der Waals surface area contributed by atoms with Gasteiger partial charge >= 0.3 is 0 Å². The van der Waals surface area contributed by atoms with E-state index >= 15 is 0 Å². The molecule has 0 aromatic carbocycles. The largest absolute Gasteiger partial charge is 0.367 e. The minimum Gasteiger partial charge on any atom is -0.367 e. The first-order valence-corrected chi connectivity index (χ1v) is 8.26. The number of amides is 1. The summed E-state index contributed by atoms with van der Waals surface area (Å²) in [7, 11) is 1.58. The average molecular weight is 294 g/mol. The summed E-state index contributed by atoms with van der Waals surface area (Å²) in [5.41, 5.74) is 0.343. The number of hydrogen-bond donors (Lipinski definition) is 2. The molecule has 2 rings (SSSR count). The molecule has 1 saturated carbocycles. The zero-order chi connectivity index (χ0) is 14.4. The van der Waals surface area contributed by atoms with Crippen molar-refractivity contribution in [3.63, 3.8) is 0 Å². The Bertz CT molecular complexity index is 443. The van der Waals surface area contributed by atoms with Crippen LogP contribution < -0.4 is 10.6 Å². The van der Waals surface area contributed by atoms with E-state index in [0.717, 1.165) is 12.4 Å². The fraction of sp³-hybridized carbons (Fsp3) is 0.643. The number of thioether (sulfide) groups is 1. The molecule has 1 aliphatic rings. The van der Waals surface area contributed by atoms with Crippen molar-refractivity contribution in [1.29, 1.82) is 0 Å². The van der Waals surface area contributed by atoms with Crippen LogP contribution in [-0.2, 0) is 0 Å². The zero-order valence-corrected chi connectivity index (χ0v) is 12.9. The van der Waals surface area contributed by atoms with Crippen molar-refractivity contribution in [2.24, 2.45) is 0 Å². The van der Waals surface area contributed by atoms with Crippen LogP contribution in [-0.4, -0.2) is 40.7 Å². The van der Waals surface area contributed by atoms with Crippen LogP contribution in [0.1, 0.15) is 42.6 Å². The van der Waals surface area contributed by atoms with Crippen molar-refractivity contribution in [2.75, 3.05) is 25.2 Å². The summed E-state index contributed by atoms with van der Waals surface area (Å²) in [5, 5.41) is 13.9. The van der Waals surface area contributed by atoms with Crippen molar-refractivity contribution in [3.8, 4) is 0 Å². The first-order chi connectivity index (χ1) is 9.69. The van der Waals surface area contributed by atoms with Crippen molar-refractivity contribution < 1.29 is 4.79 Å². The third kappa shape index (κ3) is 3.62. The molecular weight excluding hydrogens is 272 g/mol. The monoisotopic (exact) mass is 294 g/mol. The Morgan fingerprint density at radius 3 is 2.60 bits per heavy atom. The van der Waals surface area contributed by atoms with Crippen LogP contribution in [0, 0.1) is 0 Å². The number of hydrogen-bond acceptors (Lipinski definition) is 5. The molecule has 0 spiro atoms. The molecule has 1 aliphatic carbocycles. The molecule has 110 valence electrons. The highest BCUT2D eigenvalue weighted by Gasteiger charge is 2.30. The molecule has 0 unspecified atom stereocenters. The number of nitrogens with one attached hydrogen (secondary N) is 2. The fourth-order valence-corrected chi connectivity index (χ4v) is 3.49. The van der Waals surface area contributed by atoms with Gasteiger partial charge in [-0.3, -0.25) is 4.79 Å². The van der Waals surface area contributed by atoms with Crippen molar-refractivity contribution in [2.45, 2.75) is 36.9 Å². The van der Waals surface area contributed by atoms with Crippen LogP contribution in [0.3, 0.4) is 0 Å². The van der Waals surface area contributed by atoms with E-state index in [4.69, 9.17) is 0 Å². The molecule has 1 fully saturated rings. The predicted octanol–water partition coefficient (Wildman–Crippen LogP) is 2.31. The summed E-state index contributed by atoms with van der Waals surface area (Å²) in [6, 6.07) is 3.51. The Morgan fingerprint density at radius 1 is 1.30 bits per heavy atom. The number of carbonyl (C=O) groups excluding carboxylic acids is 1. The van der Waals surface area contributed by atoms with Gasteiger partial charge in [0.1, 0.15) is 5.82 Å². The topological polar surface area (TPSA) is 66.9 Å². The highest BCUT2D eigenvalue weighted by atomic mass is 32.2. The average Bonchev–Trinajstić information content (AvgIpc) is 2.53. The molecule has 20 heavy (non-hydrogen) atoms. The maximum absolute atomic E-state index is 11.4. The van der Waals surface area contributed by atoms with E-state index in [1.54, 1.807) is 13.1 Å². The Hall–Kier alpha value is -1.30. The highest BCUT2D eigenvalue weighted by Crippen LogP contribution is 2.38. The minimum atomic E-state index is -0.211. The predicted molar refractivity (Wildman–Crippen MR) is 83.2 cm³/mol. The van der Waals surface area contributed by atoms with E-state index < -0.39 is 0 Å². The first kappa shape index (κ1) is 15.1. The van der Waals surface area contributed by atoms with Gasteiger partial charge in [0.15, 0.2) is 5.69 Å². The summed E-state index contributed by atoms with van der Waals surface area (Å²) in [4.78, 5) is 11.4. The molecule has 2 N–H and O–H groups in total. The molecule has 5 nitrogen and oxygen atoms in total. The van der Waals surface area contributed by atoms with Crippen molar-refractivity contribution in [1.82, 2.24) is 15.5 Å². The first-order valence-electron chi connectivity index (χ1n) is 7.04. The Kier molecular flexibility index (Phi) is 5.23. The molecule has 1 amide bonds. The molecule has 0 radical (unpaired) electrons. The summed E-state index contributed by atoms with van der Waals surface area (Å²) in [6.07, 6.45) is 8.67. The van der Waals surface area contributed by atoms with Gasteiger partial charge in [0.25, 0.3) is 5.91 Å². The minimum absolute atomic E-state index is 0.211. The van der Waals surface area contributed by atoms with Crippen molar-refractivity contribution in [3.05, 3.63) is 17.8 Å². The third-order valence-corrected chi connectivity index (χ3v) is 5.33. The quantitative estimate of drug-likeness (QED) is 0.872. The Balaban J connectivity index is 1.94.